The van der Waals surface area contributed by atoms with Gasteiger partial charge in [0.2, 0.25) is 5.91 Å². The molecular weight excluding hydrogens is 863 g/mol. The van der Waals surface area contributed by atoms with Crippen molar-refractivity contribution in [3.05, 3.63) is 12.2 Å². The van der Waals surface area contributed by atoms with Gasteiger partial charge in [0.05, 0.1) is 25.4 Å². The lowest BCUT2D eigenvalue weighted by molar-refractivity contribution is -0.143. The molecule has 0 saturated carbocycles. The minimum Gasteiger partial charge on any atom is -0.466 e. The number of aliphatic hydroxyl groups is 2. The van der Waals surface area contributed by atoms with E-state index in [9.17, 15) is 19.8 Å². The molecule has 6 heteroatoms. The summed E-state index contributed by atoms with van der Waals surface area (Å²) in [6, 6.07) is -0.623. The summed E-state index contributed by atoms with van der Waals surface area (Å²) in [7, 11) is 0. The number of unbranched alkanes of at least 4 members (excludes halogenated alkanes) is 49. The maximum atomic E-state index is 12.4. The number of aliphatic hydroxyl groups excluding tert-OH is 2. The molecule has 0 radical (unpaired) electrons. The van der Waals surface area contributed by atoms with Gasteiger partial charge < -0.3 is 20.3 Å². The SMILES string of the molecule is CCCCCCCCCCCC/C=C/C(O)C(CO)NC(=O)CCCCCCCCCCCCCCCCCCCCCCCCCCCCCCOC(=O)CCCCCCCCCCCCCCC. The highest BCUT2D eigenvalue weighted by molar-refractivity contribution is 5.76. The van der Waals surface area contributed by atoms with Crippen LogP contribution in [-0.4, -0.2) is 47.4 Å². The zero-order chi connectivity index (χ0) is 50.7. The third-order valence-corrected chi connectivity index (χ3v) is 15.1. The fraction of sp³-hybridized carbons (Fsp3) is 0.938. The number of esters is 1. The van der Waals surface area contributed by atoms with Crippen molar-refractivity contribution < 1.29 is 24.5 Å². The molecule has 70 heavy (non-hydrogen) atoms. The summed E-state index contributed by atoms with van der Waals surface area (Å²) in [5.41, 5.74) is 0. The van der Waals surface area contributed by atoms with Crippen LogP contribution in [0.2, 0.25) is 0 Å². The van der Waals surface area contributed by atoms with Gasteiger partial charge in [0.15, 0.2) is 0 Å². The molecule has 0 aromatic rings. The van der Waals surface area contributed by atoms with Crippen molar-refractivity contribution in [1.82, 2.24) is 5.32 Å². The summed E-state index contributed by atoms with van der Waals surface area (Å²) >= 11 is 0. The van der Waals surface area contributed by atoms with Crippen LogP contribution in [0.3, 0.4) is 0 Å². The summed E-state index contributed by atoms with van der Waals surface area (Å²) in [4.78, 5) is 24.5. The Kier molecular flexibility index (Phi) is 59.0. The van der Waals surface area contributed by atoms with Gasteiger partial charge in [-0.2, -0.15) is 0 Å². The van der Waals surface area contributed by atoms with Crippen LogP contribution < -0.4 is 5.32 Å². The standard InChI is InChI=1S/C64H125NO5/c1-3-5-7-9-11-13-15-33-38-42-46-50-54-58-64(69)70-59-55-51-47-43-39-35-32-30-28-26-24-22-20-18-17-19-21-23-25-27-29-31-34-37-41-45-49-53-57-63(68)65-61(60-66)62(67)56-52-48-44-40-36-16-14-12-10-8-6-4-2/h52,56,61-62,66-67H,3-51,53-55,57-60H2,1-2H3,(H,65,68)/b56-52+. The van der Waals surface area contributed by atoms with Crippen molar-refractivity contribution in [2.45, 2.75) is 373 Å². The van der Waals surface area contributed by atoms with Crippen LogP contribution in [0.15, 0.2) is 12.2 Å². The molecule has 0 heterocycles. The van der Waals surface area contributed by atoms with Crippen molar-refractivity contribution in [3.8, 4) is 0 Å². The topological polar surface area (TPSA) is 95.9 Å². The Bertz CT molecular complexity index is 1050. The first-order valence-electron chi connectivity index (χ1n) is 32.0. The van der Waals surface area contributed by atoms with Crippen molar-refractivity contribution in [3.63, 3.8) is 0 Å². The molecule has 0 aliphatic heterocycles. The van der Waals surface area contributed by atoms with Gasteiger partial charge in [0, 0.05) is 12.8 Å². The van der Waals surface area contributed by atoms with Gasteiger partial charge in [-0.15, -0.1) is 0 Å². The molecule has 0 fully saturated rings. The average Bonchev–Trinajstić information content (AvgIpc) is 3.36. The van der Waals surface area contributed by atoms with E-state index >= 15 is 0 Å². The van der Waals surface area contributed by atoms with Crippen LogP contribution in [0.1, 0.15) is 361 Å². The number of allylic oxidation sites excluding steroid dienone is 1. The second-order valence-corrected chi connectivity index (χ2v) is 22.1. The number of ether oxygens (including phenoxy) is 1. The number of carbonyl (C=O) groups excluding carboxylic acids is 2. The smallest absolute Gasteiger partial charge is 0.305 e. The fourth-order valence-electron chi connectivity index (χ4n) is 10.2. The normalized spacial score (nSPS) is 12.6. The minimum absolute atomic E-state index is 0.0205. The van der Waals surface area contributed by atoms with Gasteiger partial charge >= 0.3 is 5.97 Å². The summed E-state index contributed by atoms with van der Waals surface area (Å²) < 4.78 is 5.49. The van der Waals surface area contributed by atoms with Gasteiger partial charge in [-0.25, -0.2) is 0 Å². The minimum atomic E-state index is -0.840. The predicted octanol–water partition coefficient (Wildman–Crippen LogP) is 20.0. The average molecular weight is 989 g/mol. The van der Waals surface area contributed by atoms with E-state index < -0.39 is 12.1 Å². The molecule has 0 spiro atoms. The lowest BCUT2D eigenvalue weighted by atomic mass is 10.0. The Morgan fingerprint density at radius 2 is 0.657 bits per heavy atom. The molecule has 0 aliphatic carbocycles. The highest BCUT2D eigenvalue weighted by atomic mass is 16.5. The first-order valence-corrected chi connectivity index (χ1v) is 32.0. The second kappa shape index (κ2) is 60.2. The van der Waals surface area contributed by atoms with E-state index in [1.54, 1.807) is 6.08 Å². The number of hydrogen-bond acceptors (Lipinski definition) is 5. The molecule has 0 rings (SSSR count). The quantitative estimate of drug-likeness (QED) is 0.0321. The van der Waals surface area contributed by atoms with E-state index in [0.29, 0.717) is 19.4 Å². The molecule has 416 valence electrons. The van der Waals surface area contributed by atoms with Crippen LogP contribution >= 0.6 is 0 Å². The molecule has 0 bridgehead atoms. The Labute approximate surface area is 438 Å². The van der Waals surface area contributed by atoms with Crippen LogP contribution in [0.25, 0.3) is 0 Å². The third kappa shape index (κ3) is 55.9. The molecule has 6 nitrogen and oxygen atoms in total. The zero-order valence-corrected chi connectivity index (χ0v) is 47.5. The molecule has 0 aromatic heterocycles. The van der Waals surface area contributed by atoms with Crippen molar-refractivity contribution in [2.75, 3.05) is 13.2 Å². The van der Waals surface area contributed by atoms with E-state index in [2.05, 4.69) is 19.2 Å². The van der Waals surface area contributed by atoms with Gasteiger partial charge in [-0.3, -0.25) is 9.59 Å². The maximum Gasteiger partial charge on any atom is 0.305 e. The van der Waals surface area contributed by atoms with Crippen LogP contribution in [0.4, 0.5) is 0 Å². The zero-order valence-electron chi connectivity index (χ0n) is 47.5. The Morgan fingerprint density at radius 3 is 0.971 bits per heavy atom. The van der Waals surface area contributed by atoms with Crippen LogP contribution in [0.5, 0.6) is 0 Å². The van der Waals surface area contributed by atoms with Crippen molar-refractivity contribution >= 4 is 11.9 Å². The van der Waals surface area contributed by atoms with E-state index in [1.165, 1.54) is 295 Å². The highest BCUT2D eigenvalue weighted by Gasteiger charge is 2.18. The lowest BCUT2D eigenvalue weighted by Crippen LogP contribution is -2.45. The van der Waals surface area contributed by atoms with E-state index in [0.717, 1.165) is 38.5 Å². The predicted molar refractivity (Wildman–Crippen MR) is 306 cm³/mol. The van der Waals surface area contributed by atoms with Gasteiger partial charge in [-0.05, 0) is 32.1 Å². The van der Waals surface area contributed by atoms with Crippen LogP contribution in [0, 0.1) is 0 Å². The highest BCUT2D eigenvalue weighted by Crippen LogP contribution is 2.18. The first-order chi connectivity index (χ1) is 34.5. The van der Waals surface area contributed by atoms with Gasteiger partial charge in [0.25, 0.3) is 0 Å². The van der Waals surface area contributed by atoms with Gasteiger partial charge in [0.1, 0.15) is 0 Å². The molecule has 0 aliphatic rings. The molecule has 3 N–H and O–H groups in total. The van der Waals surface area contributed by atoms with Crippen molar-refractivity contribution in [2.24, 2.45) is 0 Å². The Morgan fingerprint density at radius 1 is 0.386 bits per heavy atom. The lowest BCUT2D eigenvalue weighted by Gasteiger charge is -2.20. The third-order valence-electron chi connectivity index (χ3n) is 15.1. The van der Waals surface area contributed by atoms with E-state index in [1.807, 2.05) is 6.08 Å². The first kappa shape index (κ1) is 68.6. The summed E-state index contributed by atoms with van der Waals surface area (Å²) in [6.07, 6.45) is 72.7. The molecular formula is C64H125NO5. The second-order valence-electron chi connectivity index (χ2n) is 22.1. The molecule has 2 atom stereocenters. The molecule has 0 aromatic carbocycles. The van der Waals surface area contributed by atoms with Crippen molar-refractivity contribution in [1.29, 1.82) is 0 Å². The van der Waals surface area contributed by atoms with E-state index in [4.69, 9.17) is 4.74 Å². The van der Waals surface area contributed by atoms with Gasteiger partial charge in [-0.1, -0.05) is 328 Å². The largest absolute Gasteiger partial charge is 0.466 e. The number of carbonyl (C=O) groups is 2. The summed E-state index contributed by atoms with van der Waals surface area (Å²) in [6.45, 7) is 4.92. The molecule has 0 saturated heterocycles. The number of nitrogens with one attached hydrogen (secondary N) is 1. The molecule has 1 amide bonds. The fourth-order valence-corrected chi connectivity index (χ4v) is 10.2. The number of rotatable bonds is 60. The Balaban J connectivity index is 3.33. The van der Waals surface area contributed by atoms with E-state index in [-0.39, 0.29) is 18.5 Å². The number of amides is 1. The monoisotopic (exact) mass is 988 g/mol. The molecule has 2 unspecified atom stereocenters. The Hall–Kier alpha value is -1.40. The summed E-state index contributed by atoms with van der Waals surface area (Å²) in [5.74, 6) is -0.0433. The number of hydrogen-bond donors (Lipinski definition) is 3. The maximum absolute atomic E-state index is 12.4. The summed E-state index contributed by atoms with van der Waals surface area (Å²) in [5, 5.41) is 23.1. The van der Waals surface area contributed by atoms with Crippen LogP contribution in [-0.2, 0) is 14.3 Å².